The Morgan fingerprint density at radius 1 is 1.12 bits per heavy atom. The van der Waals surface area contributed by atoms with Crippen LogP contribution in [0.3, 0.4) is 0 Å². The fraction of sp³-hybridized carbons (Fsp3) is 0.917. The van der Waals surface area contributed by atoms with E-state index < -0.39 is 0 Å². The van der Waals surface area contributed by atoms with Gasteiger partial charge < -0.3 is 15.3 Å². The molecule has 0 heterocycles. The van der Waals surface area contributed by atoms with Crippen molar-refractivity contribution in [3.05, 3.63) is 0 Å². The van der Waals surface area contributed by atoms with Gasteiger partial charge in [-0.15, -0.1) is 0 Å². The standard InChI is InChI=1S/C12H26N2O2/c1-3-14(4-2)12(16)11-13-9-7-5-6-8-10-15/h13,15H,3-11H2,1-2H3. The Balaban J connectivity index is 3.33. The maximum atomic E-state index is 11.6. The number of likely N-dealkylation sites (N-methyl/N-ethyl adjacent to an activating group) is 1. The molecule has 0 atom stereocenters. The van der Waals surface area contributed by atoms with E-state index in [0.29, 0.717) is 6.54 Å². The Hall–Kier alpha value is -0.610. The molecule has 0 aliphatic carbocycles. The summed E-state index contributed by atoms with van der Waals surface area (Å²) >= 11 is 0. The van der Waals surface area contributed by atoms with Crippen LogP contribution >= 0.6 is 0 Å². The molecule has 0 aromatic heterocycles. The molecule has 0 bridgehead atoms. The second kappa shape index (κ2) is 10.9. The Morgan fingerprint density at radius 2 is 1.75 bits per heavy atom. The SMILES string of the molecule is CCN(CC)C(=O)CNCCCCCCO. The van der Waals surface area contributed by atoms with E-state index in [9.17, 15) is 4.79 Å². The summed E-state index contributed by atoms with van der Waals surface area (Å²) in [5, 5.41) is 11.7. The summed E-state index contributed by atoms with van der Waals surface area (Å²) in [6.45, 7) is 7.18. The van der Waals surface area contributed by atoms with Crippen LogP contribution in [0.5, 0.6) is 0 Å². The van der Waals surface area contributed by atoms with E-state index in [1.54, 1.807) is 0 Å². The van der Waals surface area contributed by atoms with Crippen molar-refractivity contribution in [2.75, 3.05) is 32.8 Å². The Kier molecular flexibility index (Phi) is 10.5. The monoisotopic (exact) mass is 230 g/mol. The number of hydrogen-bond acceptors (Lipinski definition) is 3. The molecule has 0 saturated carbocycles. The highest BCUT2D eigenvalue weighted by Crippen LogP contribution is 1.97. The number of aliphatic hydroxyl groups excluding tert-OH is 1. The van der Waals surface area contributed by atoms with Crippen LogP contribution in [0.15, 0.2) is 0 Å². The first-order valence-corrected chi connectivity index (χ1v) is 6.35. The first-order chi connectivity index (χ1) is 7.76. The number of aliphatic hydroxyl groups is 1. The second-order valence-corrected chi connectivity index (χ2v) is 3.88. The van der Waals surface area contributed by atoms with Gasteiger partial charge in [0.25, 0.3) is 0 Å². The minimum absolute atomic E-state index is 0.181. The Morgan fingerprint density at radius 3 is 2.31 bits per heavy atom. The molecule has 0 rings (SSSR count). The zero-order chi connectivity index (χ0) is 12.2. The third-order valence-electron chi connectivity index (χ3n) is 2.65. The molecule has 0 aliphatic heterocycles. The number of hydrogen-bond donors (Lipinski definition) is 2. The van der Waals surface area contributed by atoms with E-state index in [-0.39, 0.29) is 12.5 Å². The Labute approximate surface area is 99.0 Å². The minimum atomic E-state index is 0.181. The van der Waals surface area contributed by atoms with Crippen LogP contribution in [-0.2, 0) is 4.79 Å². The van der Waals surface area contributed by atoms with Crippen molar-refractivity contribution in [1.29, 1.82) is 0 Å². The van der Waals surface area contributed by atoms with Crippen molar-refractivity contribution in [2.24, 2.45) is 0 Å². The van der Waals surface area contributed by atoms with Crippen molar-refractivity contribution in [1.82, 2.24) is 10.2 Å². The van der Waals surface area contributed by atoms with E-state index in [4.69, 9.17) is 5.11 Å². The van der Waals surface area contributed by atoms with Gasteiger partial charge in [-0.3, -0.25) is 4.79 Å². The number of nitrogens with zero attached hydrogens (tertiary/aromatic N) is 1. The predicted molar refractivity (Wildman–Crippen MR) is 66.4 cm³/mol. The fourth-order valence-corrected chi connectivity index (χ4v) is 1.60. The van der Waals surface area contributed by atoms with Crippen molar-refractivity contribution in [3.8, 4) is 0 Å². The maximum Gasteiger partial charge on any atom is 0.236 e. The van der Waals surface area contributed by atoms with Crippen LogP contribution < -0.4 is 5.32 Å². The zero-order valence-electron chi connectivity index (χ0n) is 10.7. The molecule has 0 aromatic carbocycles. The first kappa shape index (κ1) is 15.4. The minimum Gasteiger partial charge on any atom is -0.396 e. The smallest absolute Gasteiger partial charge is 0.236 e. The molecular formula is C12H26N2O2. The predicted octanol–water partition coefficient (Wildman–Crippen LogP) is 0.997. The number of nitrogens with one attached hydrogen (secondary N) is 1. The van der Waals surface area contributed by atoms with Crippen molar-refractivity contribution in [3.63, 3.8) is 0 Å². The third kappa shape index (κ3) is 7.65. The highest BCUT2D eigenvalue weighted by atomic mass is 16.2. The van der Waals surface area contributed by atoms with E-state index in [0.717, 1.165) is 45.3 Å². The first-order valence-electron chi connectivity index (χ1n) is 6.35. The molecule has 0 radical (unpaired) electrons. The van der Waals surface area contributed by atoms with Crippen LogP contribution in [0, 0.1) is 0 Å². The molecule has 96 valence electrons. The van der Waals surface area contributed by atoms with Gasteiger partial charge in [0.05, 0.1) is 6.54 Å². The topological polar surface area (TPSA) is 52.6 Å². The fourth-order valence-electron chi connectivity index (χ4n) is 1.60. The van der Waals surface area contributed by atoms with Gasteiger partial charge in [0.1, 0.15) is 0 Å². The molecule has 0 fully saturated rings. The van der Waals surface area contributed by atoms with Gasteiger partial charge >= 0.3 is 0 Å². The number of rotatable bonds is 10. The Bertz CT molecular complexity index is 170. The average Bonchev–Trinajstić information content (AvgIpc) is 2.29. The van der Waals surface area contributed by atoms with E-state index in [1.165, 1.54) is 0 Å². The normalized spacial score (nSPS) is 10.4. The van der Waals surface area contributed by atoms with Gasteiger partial charge in [0.2, 0.25) is 5.91 Å². The van der Waals surface area contributed by atoms with Crippen LogP contribution in [0.4, 0.5) is 0 Å². The molecular weight excluding hydrogens is 204 g/mol. The van der Waals surface area contributed by atoms with E-state index in [1.807, 2.05) is 18.7 Å². The molecule has 4 heteroatoms. The number of unbranched alkanes of at least 4 members (excludes halogenated alkanes) is 3. The number of carbonyl (C=O) groups is 1. The van der Waals surface area contributed by atoms with Gasteiger partial charge in [-0.25, -0.2) is 0 Å². The molecule has 0 aliphatic rings. The lowest BCUT2D eigenvalue weighted by atomic mass is 10.2. The summed E-state index contributed by atoms with van der Waals surface area (Å²) in [6, 6.07) is 0. The summed E-state index contributed by atoms with van der Waals surface area (Å²) < 4.78 is 0. The number of amides is 1. The molecule has 1 amide bonds. The van der Waals surface area contributed by atoms with Crippen LogP contribution in [0.25, 0.3) is 0 Å². The summed E-state index contributed by atoms with van der Waals surface area (Å²) in [4.78, 5) is 13.4. The van der Waals surface area contributed by atoms with E-state index in [2.05, 4.69) is 5.32 Å². The molecule has 2 N–H and O–H groups in total. The average molecular weight is 230 g/mol. The summed E-state index contributed by atoms with van der Waals surface area (Å²) in [5.41, 5.74) is 0. The van der Waals surface area contributed by atoms with Gasteiger partial charge in [0, 0.05) is 19.7 Å². The summed E-state index contributed by atoms with van der Waals surface area (Å²) in [7, 11) is 0. The van der Waals surface area contributed by atoms with Gasteiger partial charge in [0.15, 0.2) is 0 Å². The lowest BCUT2D eigenvalue weighted by molar-refractivity contribution is -0.129. The summed E-state index contributed by atoms with van der Waals surface area (Å²) in [6.07, 6.45) is 4.15. The van der Waals surface area contributed by atoms with Crippen LogP contribution in [-0.4, -0.2) is 48.7 Å². The van der Waals surface area contributed by atoms with Crippen molar-refractivity contribution >= 4 is 5.91 Å². The van der Waals surface area contributed by atoms with Gasteiger partial charge in [-0.1, -0.05) is 12.8 Å². The highest BCUT2D eigenvalue weighted by Gasteiger charge is 2.07. The molecule has 0 saturated heterocycles. The second-order valence-electron chi connectivity index (χ2n) is 3.88. The molecule has 0 unspecified atom stereocenters. The lowest BCUT2D eigenvalue weighted by Crippen LogP contribution is -2.38. The zero-order valence-corrected chi connectivity index (χ0v) is 10.7. The molecule has 0 spiro atoms. The highest BCUT2D eigenvalue weighted by molar-refractivity contribution is 5.78. The van der Waals surface area contributed by atoms with Crippen molar-refractivity contribution in [2.45, 2.75) is 39.5 Å². The van der Waals surface area contributed by atoms with Crippen LogP contribution in [0.1, 0.15) is 39.5 Å². The van der Waals surface area contributed by atoms with Gasteiger partial charge in [-0.2, -0.15) is 0 Å². The molecule has 16 heavy (non-hydrogen) atoms. The molecule has 4 nitrogen and oxygen atoms in total. The van der Waals surface area contributed by atoms with E-state index >= 15 is 0 Å². The quantitative estimate of drug-likeness (QED) is 0.550. The largest absolute Gasteiger partial charge is 0.396 e. The third-order valence-corrected chi connectivity index (χ3v) is 2.65. The lowest BCUT2D eigenvalue weighted by Gasteiger charge is -2.18. The van der Waals surface area contributed by atoms with Crippen molar-refractivity contribution < 1.29 is 9.90 Å². The molecule has 0 aromatic rings. The maximum absolute atomic E-state index is 11.6. The van der Waals surface area contributed by atoms with Gasteiger partial charge in [-0.05, 0) is 33.2 Å². The van der Waals surface area contributed by atoms with Crippen LogP contribution in [0.2, 0.25) is 0 Å². The number of carbonyl (C=O) groups excluding carboxylic acids is 1. The summed E-state index contributed by atoms with van der Waals surface area (Å²) in [5.74, 6) is 0.181.